The first-order valence-corrected chi connectivity index (χ1v) is 6.13. The largest absolute Gasteiger partial charge is 0.510 e. The summed E-state index contributed by atoms with van der Waals surface area (Å²) in [5.74, 6) is 0.133. The summed E-state index contributed by atoms with van der Waals surface area (Å²) in [4.78, 5) is 4.32. The SMILES string of the molecule is CC.OC1=C(Cl)C=C(Cl)C2=CCCN=C2C1. The molecule has 2 aliphatic rings. The Morgan fingerprint density at radius 2 is 2.00 bits per heavy atom. The first-order valence-electron chi connectivity index (χ1n) is 5.37. The molecule has 0 amide bonds. The summed E-state index contributed by atoms with van der Waals surface area (Å²) in [7, 11) is 0. The van der Waals surface area contributed by atoms with E-state index in [0.717, 1.165) is 24.3 Å². The fourth-order valence-electron chi connectivity index (χ4n) is 1.51. The van der Waals surface area contributed by atoms with Crippen molar-refractivity contribution in [2.24, 2.45) is 4.99 Å². The van der Waals surface area contributed by atoms with Crippen molar-refractivity contribution in [3.63, 3.8) is 0 Å². The Bertz CT molecular complexity index is 388. The Balaban J connectivity index is 0.000000606. The Kier molecular flexibility index (Phi) is 5.10. The average Bonchev–Trinajstić information content (AvgIpc) is 2.41. The van der Waals surface area contributed by atoms with Crippen LogP contribution in [-0.2, 0) is 0 Å². The predicted molar refractivity (Wildman–Crippen MR) is 70.4 cm³/mol. The lowest BCUT2D eigenvalue weighted by atomic mass is 10.0. The van der Waals surface area contributed by atoms with Gasteiger partial charge in [-0.15, -0.1) is 0 Å². The molecular weight excluding hydrogens is 245 g/mol. The van der Waals surface area contributed by atoms with Crippen LogP contribution >= 0.6 is 23.2 Å². The van der Waals surface area contributed by atoms with Gasteiger partial charge in [0.25, 0.3) is 0 Å². The molecule has 0 radical (unpaired) electrons. The van der Waals surface area contributed by atoms with Gasteiger partial charge < -0.3 is 5.11 Å². The molecule has 1 heterocycles. The van der Waals surface area contributed by atoms with Crippen molar-refractivity contribution in [1.29, 1.82) is 0 Å². The molecule has 0 bridgehead atoms. The Morgan fingerprint density at radius 3 is 2.69 bits per heavy atom. The molecule has 0 unspecified atom stereocenters. The maximum atomic E-state index is 9.55. The molecule has 1 N–H and O–H groups in total. The highest BCUT2D eigenvalue weighted by Gasteiger charge is 2.20. The highest BCUT2D eigenvalue weighted by Crippen LogP contribution is 2.30. The maximum absolute atomic E-state index is 9.55. The number of allylic oxidation sites excluding steroid dienone is 5. The van der Waals surface area contributed by atoms with Crippen LogP contribution in [0.1, 0.15) is 26.7 Å². The van der Waals surface area contributed by atoms with Crippen LogP contribution in [0, 0.1) is 0 Å². The van der Waals surface area contributed by atoms with E-state index in [1.54, 1.807) is 6.08 Å². The smallest absolute Gasteiger partial charge is 0.117 e. The zero-order chi connectivity index (χ0) is 12.1. The molecule has 1 aliphatic heterocycles. The van der Waals surface area contributed by atoms with E-state index < -0.39 is 0 Å². The van der Waals surface area contributed by atoms with E-state index in [1.807, 2.05) is 19.9 Å². The molecule has 16 heavy (non-hydrogen) atoms. The first kappa shape index (κ1) is 13.3. The molecule has 0 saturated heterocycles. The summed E-state index contributed by atoms with van der Waals surface area (Å²) in [6.07, 6.45) is 4.86. The number of hydrogen-bond donors (Lipinski definition) is 1. The Morgan fingerprint density at radius 1 is 1.31 bits per heavy atom. The quantitative estimate of drug-likeness (QED) is 0.691. The predicted octanol–water partition coefficient (Wildman–Crippen LogP) is 4.32. The summed E-state index contributed by atoms with van der Waals surface area (Å²) in [5.41, 5.74) is 1.73. The first-order chi connectivity index (χ1) is 7.68. The lowest BCUT2D eigenvalue weighted by molar-refractivity contribution is 0.403. The van der Waals surface area contributed by atoms with Crippen molar-refractivity contribution in [2.75, 3.05) is 6.54 Å². The van der Waals surface area contributed by atoms with Crippen molar-refractivity contribution in [1.82, 2.24) is 0 Å². The minimum Gasteiger partial charge on any atom is -0.510 e. The summed E-state index contributed by atoms with van der Waals surface area (Å²) >= 11 is 11.9. The molecule has 4 heteroatoms. The molecule has 0 saturated carbocycles. The molecule has 0 spiro atoms. The van der Waals surface area contributed by atoms with Gasteiger partial charge in [-0.25, -0.2) is 0 Å². The number of rotatable bonds is 0. The standard InChI is InChI=1S/C10H9Cl2NO.C2H6/c11-7-4-8(12)10(14)5-9-6(7)2-1-3-13-9;1-2/h2,4,14H,1,3,5H2;1-2H3. The van der Waals surface area contributed by atoms with Crippen LogP contribution in [0.2, 0.25) is 0 Å². The highest BCUT2D eigenvalue weighted by atomic mass is 35.5. The summed E-state index contributed by atoms with van der Waals surface area (Å²) in [6.45, 7) is 4.76. The van der Waals surface area contributed by atoms with Crippen LogP contribution in [0.15, 0.2) is 38.5 Å². The molecule has 1 aliphatic carbocycles. The van der Waals surface area contributed by atoms with Crippen LogP contribution in [0.5, 0.6) is 0 Å². The molecule has 0 aromatic carbocycles. The van der Waals surface area contributed by atoms with Crippen molar-refractivity contribution < 1.29 is 5.11 Å². The van der Waals surface area contributed by atoms with Crippen LogP contribution in [0.25, 0.3) is 0 Å². The number of fused-ring (bicyclic) bond motifs is 1. The Hall–Kier alpha value is -0.730. The average molecular weight is 260 g/mol. The van der Waals surface area contributed by atoms with Gasteiger partial charge in [0, 0.05) is 18.5 Å². The lowest BCUT2D eigenvalue weighted by Gasteiger charge is -2.12. The number of aliphatic hydroxyl groups is 1. The van der Waals surface area contributed by atoms with E-state index in [-0.39, 0.29) is 5.76 Å². The number of halogens is 2. The van der Waals surface area contributed by atoms with Gasteiger partial charge in [-0.2, -0.15) is 0 Å². The van der Waals surface area contributed by atoms with Crippen LogP contribution in [0.3, 0.4) is 0 Å². The lowest BCUT2D eigenvalue weighted by Crippen LogP contribution is -2.08. The minimum atomic E-state index is 0.133. The third-order valence-electron chi connectivity index (χ3n) is 2.21. The van der Waals surface area contributed by atoms with Crippen LogP contribution < -0.4 is 0 Å². The van der Waals surface area contributed by atoms with Crippen molar-refractivity contribution >= 4 is 28.9 Å². The van der Waals surface area contributed by atoms with Gasteiger partial charge in [0.15, 0.2) is 0 Å². The number of hydrogen-bond acceptors (Lipinski definition) is 2. The van der Waals surface area contributed by atoms with Gasteiger partial charge in [0.1, 0.15) is 5.76 Å². The van der Waals surface area contributed by atoms with Crippen LogP contribution in [-0.4, -0.2) is 17.4 Å². The number of nitrogens with zero attached hydrogens (tertiary/aromatic N) is 1. The molecule has 0 fully saturated rings. The molecule has 0 aromatic rings. The van der Waals surface area contributed by atoms with Crippen LogP contribution in [0.4, 0.5) is 0 Å². The topological polar surface area (TPSA) is 32.6 Å². The fourth-order valence-corrected chi connectivity index (χ4v) is 2.04. The van der Waals surface area contributed by atoms with Crippen molar-refractivity contribution in [3.05, 3.63) is 33.5 Å². The third kappa shape index (κ3) is 2.89. The van der Waals surface area contributed by atoms with E-state index in [1.165, 1.54) is 0 Å². The molecular formula is C12H15Cl2NO. The van der Waals surface area contributed by atoms with E-state index in [0.29, 0.717) is 16.5 Å². The van der Waals surface area contributed by atoms with Gasteiger partial charge in [-0.05, 0) is 12.5 Å². The fraction of sp³-hybridized carbons (Fsp3) is 0.417. The number of aliphatic imine (C=N–C) groups is 1. The second-order valence-corrected chi connectivity index (χ2v) is 4.01. The highest BCUT2D eigenvalue weighted by molar-refractivity contribution is 6.39. The van der Waals surface area contributed by atoms with E-state index in [4.69, 9.17) is 23.2 Å². The number of dihydropyridines is 1. The zero-order valence-electron chi connectivity index (χ0n) is 9.43. The van der Waals surface area contributed by atoms with Gasteiger partial charge in [-0.1, -0.05) is 43.1 Å². The van der Waals surface area contributed by atoms with E-state index >= 15 is 0 Å². The second kappa shape index (κ2) is 6.12. The normalized spacial score (nSPS) is 19.6. The summed E-state index contributed by atoms with van der Waals surface area (Å²) in [5, 5.41) is 10.4. The molecule has 2 rings (SSSR count). The van der Waals surface area contributed by atoms with Crippen molar-refractivity contribution in [3.8, 4) is 0 Å². The van der Waals surface area contributed by atoms with Gasteiger partial charge in [-0.3, -0.25) is 4.99 Å². The maximum Gasteiger partial charge on any atom is 0.117 e. The summed E-state index contributed by atoms with van der Waals surface area (Å²) in [6, 6.07) is 0. The van der Waals surface area contributed by atoms with Crippen molar-refractivity contribution in [2.45, 2.75) is 26.7 Å². The molecule has 0 atom stereocenters. The minimum absolute atomic E-state index is 0.133. The second-order valence-electron chi connectivity index (χ2n) is 3.20. The monoisotopic (exact) mass is 259 g/mol. The van der Waals surface area contributed by atoms with E-state index in [9.17, 15) is 5.11 Å². The molecule has 88 valence electrons. The van der Waals surface area contributed by atoms with Gasteiger partial charge in [0.05, 0.1) is 15.8 Å². The number of aliphatic hydroxyl groups excluding tert-OH is 1. The third-order valence-corrected chi connectivity index (χ3v) is 2.85. The van der Waals surface area contributed by atoms with Gasteiger partial charge >= 0.3 is 0 Å². The molecule has 2 nitrogen and oxygen atoms in total. The van der Waals surface area contributed by atoms with Gasteiger partial charge in [0.2, 0.25) is 0 Å². The summed E-state index contributed by atoms with van der Waals surface area (Å²) < 4.78 is 0. The van der Waals surface area contributed by atoms with E-state index in [2.05, 4.69) is 4.99 Å². The zero-order valence-corrected chi connectivity index (χ0v) is 10.9. The molecule has 0 aromatic heterocycles. The Labute approximate surface area is 106 Å².